The van der Waals surface area contributed by atoms with Gasteiger partial charge in [-0.05, 0) is 17.7 Å². The van der Waals surface area contributed by atoms with Gasteiger partial charge in [0.2, 0.25) is 0 Å². The van der Waals surface area contributed by atoms with Crippen LogP contribution in [0.5, 0.6) is 0 Å². The topological polar surface area (TPSA) is 90.1 Å². The zero-order valence-corrected chi connectivity index (χ0v) is 12.6. The van der Waals surface area contributed by atoms with Crippen molar-refractivity contribution in [3.8, 4) is 5.69 Å². The zero-order chi connectivity index (χ0) is 16.9. The van der Waals surface area contributed by atoms with Crippen molar-refractivity contribution in [3.05, 3.63) is 92.9 Å². The smallest absolute Gasteiger partial charge is 0.318 e. The lowest BCUT2D eigenvalue weighted by Gasteiger charge is -2.09. The van der Waals surface area contributed by atoms with E-state index in [0.29, 0.717) is 12.2 Å². The summed E-state index contributed by atoms with van der Waals surface area (Å²) in [7, 11) is 0. The minimum absolute atomic E-state index is 0.0808. The second-order valence-electron chi connectivity index (χ2n) is 5.05. The van der Waals surface area contributed by atoms with Gasteiger partial charge in [-0.15, -0.1) is 0 Å². The van der Waals surface area contributed by atoms with Crippen LogP contribution in [0, 0.1) is 10.1 Å². The largest absolute Gasteiger partial charge is 0.371 e. The maximum atomic E-state index is 12.6. The summed E-state index contributed by atoms with van der Waals surface area (Å²) in [5, 5.41) is 18.0. The molecule has 0 fully saturated rings. The molecule has 3 aromatic rings. The van der Waals surface area contributed by atoms with Gasteiger partial charge in [0.15, 0.2) is 5.69 Å². The molecule has 0 saturated heterocycles. The highest BCUT2D eigenvalue weighted by atomic mass is 16.6. The van der Waals surface area contributed by atoms with Crippen LogP contribution in [-0.2, 0) is 6.54 Å². The Hall–Kier alpha value is -3.48. The number of benzene rings is 2. The van der Waals surface area contributed by atoms with Crippen molar-refractivity contribution in [2.75, 3.05) is 5.32 Å². The standard InChI is InChI=1S/C17H14N4O3/c22-17-16(18-11-13-7-3-1-4-8-13)15(21(23)24)12-19-20(17)14-9-5-2-6-10-14/h1-10,12,18H,11H2. The number of hydrogen-bond donors (Lipinski definition) is 1. The van der Waals surface area contributed by atoms with Crippen molar-refractivity contribution in [2.24, 2.45) is 0 Å². The molecule has 1 N–H and O–H groups in total. The molecule has 7 nitrogen and oxygen atoms in total. The fraction of sp³-hybridized carbons (Fsp3) is 0.0588. The quantitative estimate of drug-likeness (QED) is 0.576. The first-order valence-electron chi connectivity index (χ1n) is 7.27. The van der Waals surface area contributed by atoms with Gasteiger partial charge in [-0.2, -0.15) is 9.78 Å². The number of nitro groups is 1. The van der Waals surface area contributed by atoms with Crippen LogP contribution in [0.4, 0.5) is 11.4 Å². The second-order valence-corrected chi connectivity index (χ2v) is 5.05. The molecule has 0 aliphatic heterocycles. The molecule has 0 radical (unpaired) electrons. The van der Waals surface area contributed by atoms with E-state index in [0.717, 1.165) is 16.4 Å². The Labute approximate surface area is 137 Å². The summed E-state index contributed by atoms with van der Waals surface area (Å²) in [6.07, 6.45) is 1.09. The molecular weight excluding hydrogens is 308 g/mol. The summed E-state index contributed by atoms with van der Waals surface area (Å²) in [6.45, 7) is 0.301. The third-order valence-corrected chi connectivity index (χ3v) is 3.47. The van der Waals surface area contributed by atoms with Gasteiger partial charge in [0, 0.05) is 6.54 Å². The molecular formula is C17H14N4O3. The first kappa shape index (κ1) is 15.4. The Morgan fingerprint density at radius 3 is 2.29 bits per heavy atom. The minimum atomic E-state index is -0.614. The monoisotopic (exact) mass is 322 g/mol. The lowest BCUT2D eigenvalue weighted by Crippen LogP contribution is -2.25. The predicted molar refractivity (Wildman–Crippen MR) is 90.3 cm³/mol. The highest BCUT2D eigenvalue weighted by molar-refractivity contribution is 5.59. The summed E-state index contributed by atoms with van der Waals surface area (Å²) in [5.74, 6) is 0. The van der Waals surface area contributed by atoms with Gasteiger partial charge in [-0.3, -0.25) is 14.9 Å². The van der Waals surface area contributed by atoms with Crippen molar-refractivity contribution in [1.82, 2.24) is 9.78 Å². The number of rotatable bonds is 5. The van der Waals surface area contributed by atoms with Crippen LogP contribution in [0.1, 0.15) is 5.56 Å². The maximum Gasteiger partial charge on any atom is 0.318 e. The van der Waals surface area contributed by atoms with Crippen LogP contribution in [0.15, 0.2) is 71.7 Å². The molecule has 2 aromatic carbocycles. The van der Waals surface area contributed by atoms with Crippen LogP contribution in [0.25, 0.3) is 5.69 Å². The highest BCUT2D eigenvalue weighted by Crippen LogP contribution is 2.20. The molecule has 0 bridgehead atoms. The minimum Gasteiger partial charge on any atom is -0.371 e. The molecule has 0 atom stereocenters. The molecule has 0 aliphatic rings. The van der Waals surface area contributed by atoms with Crippen molar-refractivity contribution < 1.29 is 4.92 Å². The van der Waals surface area contributed by atoms with Gasteiger partial charge in [0.05, 0.1) is 10.6 Å². The summed E-state index contributed by atoms with van der Waals surface area (Å²) in [6, 6.07) is 18.1. The summed E-state index contributed by atoms with van der Waals surface area (Å²) in [5.41, 5.74) is 0.464. The van der Waals surface area contributed by atoms with E-state index in [1.165, 1.54) is 0 Å². The number of hydrogen-bond acceptors (Lipinski definition) is 5. The molecule has 7 heteroatoms. The van der Waals surface area contributed by atoms with Crippen molar-refractivity contribution in [2.45, 2.75) is 6.54 Å². The highest BCUT2D eigenvalue weighted by Gasteiger charge is 2.20. The summed E-state index contributed by atoms with van der Waals surface area (Å²) >= 11 is 0. The van der Waals surface area contributed by atoms with E-state index < -0.39 is 10.5 Å². The average Bonchev–Trinajstić information content (AvgIpc) is 2.62. The zero-order valence-electron chi connectivity index (χ0n) is 12.6. The van der Waals surface area contributed by atoms with Gasteiger partial charge < -0.3 is 5.32 Å². The Morgan fingerprint density at radius 1 is 1.04 bits per heavy atom. The average molecular weight is 322 g/mol. The van der Waals surface area contributed by atoms with Crippen LogP contribution >= 0.6 is 0 Å². The molecule has 0 spiro atoms. The molecule has 0 amide bonds. The van der Waals surface area contributed by atoms with Gasteiger partial charge in [-0.25, -0.2) is 0 Å². The van der Waals surface area contributed by atoms with E-state index in [1.54, 1.807) is 24.3 Å². The molecule has 0 saturated carbocycles. The van der Waals surface area contributed by atoms with Crippen molar-refractivity contribution >= 4 is 11.4 Å². The SMILES string of the molecule is O=c1c(NCc2ccccc2)c([N+](=O)[O-])cnn1-c1ccccc1. The van der Waals surface area contributed by atoms with Crippen LogP contribution in [0.2, 0.25) is 0 Å². The van der Waals surface area contributed by atoms with E-state index in [-0.39, 0.29) is 11.4 Å². The number of anilines is 1. The van der Waals surface area contributed by atoms with Gasteiger partial charge in [0.25, 0.3) is 0 Å². The third kappa shape index (κ3) is 3.14. The van der Waals surface area contributed by atoms with Crippen LogP contribution in [-0.4, -0.2) is 14.7 Å². The molecule has 0 unspecified atom stereocenters. The fourth-order valence-electron chi connectivity index (χ4n) is 2.29. The Balaban J connectivity index is 2.02. The Morgan fingerprint density at radius 2 is 1.67 bits per heavy atom. The predicted octanol–water partition coefficient (Wildman–Crippen LogP) is 2.75. The Kier molecular flexibility index (Phi) is 4.33. The van der Waals surface area contributed by atoms with E-state index in [4.69, 9.17) is 0 Å². The number of para-hydroxylation sites is 1. The van der Waals surface area contributed by atoms with Gasteiger partial charge in [-0.1, -0.05) is 48.5 Å². The first-order chi connectivity index (χ1) is 11.7. The number of aromatic nitrogens is 2. The van der Waals surface area contributed by atoms with E-state index >= 15 is 0 Å². The molecule has 3 rings (SSSR count). The molecule has 1 aromatic heterocycles. The molecule has 0 aliphatic carbocycles. The lowest BCUT2D eigenvalue weighted by atomic mass is 10.2. The number of nitrogens with one attached hydrogen (secondary N) is 1. The summed E-state index contributed by atoms with van der Waals surface area (Å²) in [4.78, 5) is 23.2. The normalized spacial score (nSPS) is 10.3. The third-order valence-electron chi connectivity index (χ3n) is 3.47. The molecule has 1 heterocycles. The van der Waals surface area contributed by atoms with Crippen molar-refractivity contribution in [1.29, 1.82) is 0 Å². The van der Waals surface area contributed by atoms with E-state index in [1.807, 2.05) is 36.4 Å². The second kappa shape index (κ2) is 6.74. The van der Waals surface area contributed by atoms with Gasteiger partial charge >= 0.3 is 11.2 Å². The lowest BCUT2D eigenvalue weighted by molar-refractivity contribution is -0.384. The Bertz CT molecular complexity index is 908. The van der Waals surface area contributed by atoms with E-state index in [9.17, 15) is 14.9 Å². The maximum absolute atomic E-state index is 12.6. The molecule has 24 heavy (non-hydrogen) atoms. The first-order valence-corrected chi connectivity index (χ1v) is 7.27. The van der Waals surface area contributed by atoms with Crippen LogP contribution < -0.4 is 10.9 Å². The van der Waals surface area contributed by atoms with E-state index in [2.05, 4.69) is 10.4 Å². The number of nitrogens with zero attached hydrogens (tertiary/aromatic N) is 3. The molecule has 120 valence electrons. The summed E-state index contributed by atoms with van der Waals surface area (Å²) < 4.78 is 1.14. The van der Waals surface area contributed by atoms with Crippen molar-refractivity contribution in [3.63, 3.8) is 0 Å². The van der Waals surface area contributed by atoms with Gasteiger partial charge in [0.1, 0.15) is 6.20 Å². The van der Waals surface area contributed by atoms with Crippen LogP contribution in [0.3, 0.4) is 0 Å². The fourth-order valence-corrected chi connectivity index (χ4v) is 2.29.